The van der Waals surface area contributed by atoms with Crippen molar-refractivity contribution in [2.45, 2.75) is 75.3 Å². The number of aryl methyl sites for hydroxylation is 1. The number of carbonyl (C=O) groups excluding carboxylic acids is 2. The van der Waals surface area contributed by atoms with Gasteiger partial charge < -0.3 is 15.2 Å². The lowest BCUT2D eigenvalue weighted by Gasteiger charge is -2.30. The summed E-state index contributed by atoms with van der Waals surface area (Å²) in [5, 5.41) is 9.94. The van der Waals surface area contributed by atoms with Gasteiger partial charge in [0.15, 0.2) is 5.82 Å². The number of amides is 2. The van der Waals surface area contributed by atoms with Gasteiger partial charge in [-0.15, -0.1) is 0 Å². The van der Waals surface area contributed by atoms with Crippen LogP contribution in [0.1, 0.15) is 69.1 Å². The quantitative estimate of drug-likeness (QED) is 0.468. The fraction of sp³-hybridized carbons (Fsp3) is 0.545. The molecule has 180 valence electrons. The molecule has 0 spiro atoms. The van der Waals surface area contributed by atoms with Crippen molar-refractivity contribution < 1.29 is 22.5 Å². The summed E-state index contributed by atoms with van der Waals surface area (Å²) in [5.41, 5.74) is 0.0516. The Hall–Kier alpha value is -2.79. The second-order valence-electron chi connectivity index (χ2n) is 8.32. The molecule has 1 aromatic heterocycles. The molecule has 0 saturated heterocycles. The maximum atomic E-state index is 12.3. The fourth-order valence-corrected chi connectivity index (χ4v) is 4.87. The molecule has 1 fully saturated rings. The van der Waals surface area contributed by atoms with Crippen LogP contribution in [0.25, 0.3) is 0 Å². The molecule has 0 radical (unpaired) electrons. The number of sulfonamides is 1. The van der Waals surface area contributed by atoms with E-state index in [1.807, 2.05) is 0 Å². The Morgan fingerprint density at radius 2 is 1.88 bits per heavy atom. The molecule has 2 amide bonds. The van der Waals surface area contributed by atoms with E-state index in [-0.39, 0.29) is 36.1 Å². The Kier molecular flexibility index (Phi) is 8.20. The van der Waals surface area contributed by atoms with Crippen molar-refractivity contribution in [3.8, 4) is 0 Å². The molecule has 0 bridgehead atoms. The Morgan fingerprint density at radius 1 is 1.15 bits per heavy atom. The summed E-state index contributed by atoms with van der Waals surface area (Å²) < 4.78 is 31.5. The second kappa shape index (κ2) is 10.9. The van der Waals surface area contributed by atoms with Crippen molar-refractivity contribution in [1.29, 1.82) is 0 Å². The van der Waals surface area contributed by atoms with E-state index in [1.54, 1.807) is 12.1 Å². The number of aromatic nitrogens is 2. The number of hydrogen-bond acceptors (Lipinski definition) is 7. The normalized spacial score (nSPS) is 16.1. The van der Waals surface area contributed by atoms with E-state index in [2.05, 4.69) is 25.5 Å². The zero-order valence-electron chi connectivity index (χ0n) is 19.0. The number of rotatable bonds is 9. The van der Waals surface area contributed by atoms with Crippen molar-refractivity contribution in [3.63, 3.8) is 0 Å². The minimum Gasteiger partial charge on any atom is -0.352 e. The number of hydrogen-bond donors (Lipinski definition) is 3. The van der Waals surface area contributed by atoms with Crippen molar-refractivity contribution >= 4 is 21.8 Å². The molecule has 3 rings (SSSR count). The highest BCUT2D eigenvalue weighted by Gasteiger charge is 2.38. The lowest BCUT2D eigenvalue weighted by atomic mass is 9.89. The van der Waals surface area contributed by atoms with E-state index in [4.69, 9.17) is 4.52 Å². The van der Waals surface area contributed by atoms with E-state index < -0.39 is 15.6 Å². The van der Waals surface area contributed by atoms with E-state index in [9.17, 15) is 18.0 Å². The number of nitrogens with one attached hydrogen (secondary N) is 3. The van der Waals surface area contributed by atoms with Gasteiger partial charge in [0.05, 0.1) is 4.90 Å². The third kappa shape index (κ3) is 6.61. The number of nitrogens with zero attached hydrogens (tertiary/aromatic N) is 2. The van der Waals surface area contributed by atoms with Crippen LogP contribution >= 0.6 is 0 Å². The summed E-state index contributed by atoms with van der Waals surface area (Å²) >= 11 is 0. The topological polar surface area (TPSA) is 143 Å². The molecule has 1 heterocycles. The van der Waals surface area contributed by atoms with Crippen LogP contribution in [0.2, 0.25) is 0 Å². The molecule has 0 atom stereocenters. The lowest BCUT2D eigenvalue weighted by Crippen LogP contribution is -2.45. The predicted molar refractivity (Wildman–Crippen MR) is 120 cm³/mol. The van der Waals surface area contributed by atoms with E-state index in [0.29, 0.717) is 17.3 Å². The Bertz CT molecular complexity index is 1070. The average molecular weight is 478 g/mol. The van der Waals surface area contributed by atoms with Crippen LogP contribution in [-0.4, -0.2) is 37.4 Å². The van der Waals surface area contributed by atoms with Crippen molar-refractivity contribution in [1.82, 2.24) is 25.5 Å². The van der Waals surface area contributed by atoms with E-state index >= 15 is 0 Å². The maximum Gasteiger partial charge on any atom is 0.240 e. The van der Waals surface area contributed by atoms with Gasteiger partial charge in [-0.2, -0.15) is 4.98 Å². The first-order valence-corrected chi connectivity index (χ1v) is 12.6. The highest BCUT2D eigenvalue weighted by atomic mass is 32.2. The monoisotopic (exact) mass is 477 g/mol. The van der Waals surface area contributed by atoms with Gasteiger partial charge in [0, 0.05) is 26.3 Å². The molecular weight excluding hydrogens is 446 g/mol. The van der Waals surface area contributed by atoms with Crippen LogP contribution < -0.4 is 15.4 Å². The lowest BCUT2D eigenvalue weighted by molar-refractivity contribution is -0.122. The smallest absolute Gasteiger partial charge is 0.240 e. The largest absolute Gasteiger partial charge is 0.352 e. The van der Waals surface area contributed by atoms with Crippen LogP contribution in [-0.2, 0) is 38.1 Å². The Balaban J connectivity index is 1.57. The first-order valence-electron chi connectivity index (χ1n) is 11.2. The summed E-state index contributed by atoms with van der Waals surface area (Å²) in [6.07, 6.45) is 6.09. The van der Waals surface area contributed by atoms with Gasteiger partial charge in [-0.05, 0) is 37.6 Å². The third-order valence-electron chi connectivity index (χ3n) is 5.80. The summed E-state index contributed by atoms with van der Waals surface area (Å²) in [5.74, 6) is 0.464. The van der Waals surface area contributed by atoms with Crippen molar-refractivity contribution in [2.75, 3.05) is 7.05 Å². The van der Waals surface area contributed by atoms with Crippen LogP contribution in [0.15, 0.2) is 33.7 Å². The summed E-state index contributed by atoms with van der Waals surface area (Å²) in [7, 11) is -2.20. The molecule has 33 heavy (non-hydrogen) atoms. The Labute approximate surface area is 194 Å². The fourth-order valence-electron chi connectivity index (χ4n) is 4.07. The van der Waals surface area contributed by atoms with Gasteiger partial charge in [0.1, 0.15) is 5.54 Å². The summed E-state index contributed by atoms with van der Waals surface area (Å²) in [4.78, 5) is 28.8. The molecule has 11 heteroatoms. The van der Waals surface area contributed by atoms with Gasteiger partial charge in [-0.25, -0.2) is 13.1 Å². The molecule has 1 saturated carbocycles. The first kappa shape index (κ1) is 24.8. The molecule has 1 aliphatic carbocycles. The van der Waals surface area contributed by atoms with Gasteiger partial charge in [-0.3, -0.25) is 9.59 Å². The summed E-state index contributed by atoms with van der Waals surface area (Å²) in [6, 6.07) is 6.38. The molecule has 1 aliphatic rings. The molecule has 0 unspecified atom stereocenters. The first-order chi connectivity index (χ1) is 15.7. The highest BCUT2D eigenvalue weighted by Crippen LogP contribution is 2.34. The molecular formula is C22H31N5O5S. The van der Waals surface area contributed by atoms with Crippen molar-refractivity contribution in [3.05, 3.63) is 41.5 Å². The zero-order chi connectivity index (χ0) is 23.9. The minimum atomic E-state index is -3.54. The van der Waals surface area contributed by atoms with E-state index in [1.165, 1.54) is 26.1 Å². The molecule has 2 aromatic rings. The van der Waals surface area contributed by atoms with Crippen molar-refractivity contribution in [2.24, 2.45) is 0 Å². The van der Waals surface area contributed by atoms with Gasteiger partial charge in [0.25, 0.3) is 0 Å². The number of carbonyl (C=O) groups is 2. The average Bonchev–Trinajstić information content (AvgIpc) is 3.16. The van der Waals surface area contributed by atoms with Gasteiger partial charge in [-0.1, -0.05) is 43.0 Å². The van der Waals surface area contributed by atoms with Crippen LogP contribution in [0.4, 0.5) is 0 Å². The SMILES string of the molecule is CNS(=O)(=O)c1cccc(CNC(=O)CCc2nc(C3(NC(C)=O)CCCCCC3)no2)c1. The standard InChI is InChI=1S/C22H31N5O5S/c1-16(28)26-22(12-5-3-4-6-13-22)21-25-20(32-27-21)11-10-19(29)24-15-17-8-7-9-18(14-17)33(30,31)23-2/h7-9,14,23H,3-6,10-13,15H2,1-2H3,(H,24,29)(H,26,28). The maximum absolute atomic E-state index is 12.3. The van der Waals surface area contributed by atoms with Crippen LogP contribution in [0, 0.1) is 0 Å². The summed E-state index contributed by atoms with van der Waals surface area (Å²) in [6.45, 7) is 1.69. The molecule has 0 aliphatic heterocycles. The number of benzene rings is 1. The van der Waals surface area contributed by atoms with Gasteiger partial charge in [0.2, 0.25) is 27.7 Å². The van der Waals surface area contributed by atoms with E-state index in [0.717, 1.165) is 38.5 Å². The zero-order valence-corrected chi connectivity index (χ0v) is 19.8. The molecule has 10 nitrogen and oxygen atoms in total. The predicted octanol–water partition coefficient (Wildman–Crippen LogP) is 1.91. The molecule has 3 N–H and O–H groups in total. The van der Waals surface area contributed by atoms with Crippen LogP contribution in [0.5, 0.6) is 0 Å². The van der Waals surface area contributed by atoms with Gasteiger partial charge >= 0.3 is 0 Å². The highest BCUT2D eigenvalue weighted by molar-refractivity contribution is 7.89. The molecule has 1 aromatic carbocycles. The Morgan fingerprint density at radius 3 is 2.55 bits per heavy atom. The minimum absolute atomic E-state index is 0.130. The third-order valence-corrected chi connectivity index (χ3v) is 7.21. The van der Waals surface area contributed by atoms with Crippen LogP contribution in [0.3, 0.4) is 0 Å². The second-order valence-corrected chi connectivity index (χ2v) is 10.2.